The highest BCUT2D eigenvalue weighted by molar-refractivity contribution is 7.13. The Morgan fingerprint density at radius 1 is 1.61 bits per heavy atom. The van der Waals surface area contributed by atoms with Gasteiger partial charge in [0.05, 0.1) is 17.3 Å². The number of carboxylic acids is 1. The molecule has 1 fully saturated rings. The van der Waals surface area contributed by atoms with Gasteiger partial charge >= 0.3 is 5.97 Å². The third-order valence-electron chi connectivity index (χ3n) is 3.02. The standard InChI is InChI=1S/C13H19NO3S/c1-8(2)6-10-11(13(15)16)18-12(14-10)9-4-3-5-17-7-9/h8-9H,3-7H2,1-2H3,(H,15,16). The normalized spacial score (nSPS) is 20.3. The summed E-state index contributed by atoms with van der Waals surface area (Å²) in [5, 5.41) is 10.2. The van der Waals surface area contributed by atoms with E-state index in [1.165, 1.54) is 11.3 Å². The van der Waals surface area contributed by atoms with Crippen LogP contribution in [0.4, 0.5) is 0 Å². The molecule has 1 aliphatic heterocycles. The highest BCUT2D eigenvalue weighted by Gasteiger charge is 2.24. The summed E-state index contributed by atoms with van der Waals surface area (Å²) in [6.07, 6.45) is 2.81. The van der Waals surface area contributed by atoms with E-state index >= 15 is 0 Å². The fraction of sp³-hybridized carbons (Fsp3) is 0.692. The van der Waals surface area contributed by atoms with Crippen molar-refractivity contribution in [3.05, 3.63) is 15.6 Å². The lowest BCUT2D eigenvalue weighted by atomic mass is 10.0. The molecule has 2 rings (SSSR count). The minimum atomic E-state index is -0.855. The van der Waals surface area contributed by atoms with Crippen LogP contribution in [0.25, 0.3) is 0 Å². The maximum absolute atomic E-state index is 11.2. The summed E-state index contributed by atoms with van der Waals surface area (Å²) >= 11 is 1.33. The number of nitrogens with zero attached hydrogens (tertiary/aromatic N) is 1. The number of carbonyl (C=O) groups is 1. The van der Waals surface area contributed by atoms with Crippen molar-refractivity contribution in [3.63, 3.8) is 0 Å². The Morgan fingerprint density at radius 3 is 2.94 bits per heavy atom. The maximum atomic E-state index is 11.2. The Labute approximate surface area is 111 Å². The average Bonchev–Trinajstić information content (AvgIpc) is 2.73. The number of aromatic nitrogens is 1. The molecule has 18 heavy (non-hydrogen) atoms. The highest BCUT2D eigenvalue weighted by Crippen LogP contribution is 2.31. The summed E-state index contributed by atoms with van der Waals surface area (Å²) in [4.78, 5) is 16.2. The molecule has 0 radical (unpaired) electrons. The van der Waals surface area contributed by atoms with Gasteiger partial charge in [-0.1, -0.05) is 13.8 Å². The van der Waals surface area contributed by atoms with Crippen molar-refractivity contribution >= 4 is 17.3 Å². The van der Waals surface area contributed by atoms with E-state index in [1.54, 1.807) is 0 Å². The Kier molecular flexibility index (Phi) is 4.35. The lowest BCUT2D eigenvalue weighted by Crippen LogP contribution is -2.15. The molecule has 1 atom stereocenters. The number of hydrogen-bond acceptors (Lipinski definition) is 4. The molecular weight excluding hydrogens is 250 g/mol. The SMILES string of the molecule is CC(C)Cc1nc(C2CCCOC2)sc1C(=O)O. The summed E-state index contributed by atoms with van der Waals surface area (Å²) in [5.74, 6) is -0.158. The van der Waals surface area contributed by atoms with E-state index in [4.69, 9.17) is 4.74 Å². The van der Waals surface area contributed by atoms with Gasteiger partial charge in [-0.3, -0.25) is 0 Å². The predicted octanol–water partition coefficient (Wildman–Crippen LogP) is 2.93. The van der Waals surface area contributed by atoms with E-state index in [2.05, 4.69) is 18.8 Å². The zero-order valence-corrected chi connectivity index (χ0v) is 11.6. The van der Waals surface area contributed by atoms with E-state index in [0.29, 0.717) is 17.4 Å². The minimum Gasteiger partial charge on any atom is -0.477 e. The first kappa shape index (κ1) is 13.5. The molecule has 0 aliphatic carbocycles. The van der Waals surface area contributed by atoms with Gasteiger partial charge in [-0.2, -0.15) is 0 Å². The van der Waals surface area contributed by atoms with Gasteiger partial charge in [0.15, 0.2) is 0 Å². The third-order valence-corrected chi connectivity index (χ3v) is 4.27. The van der Waals surface area contributed by atoms with Crippen LogP contribution in [0.3, 0.4) is 0 Å². The van der Waals surface area contributed by atoms with Crippen LogP contribution in [0.15, 0.2) is 0 Å². The van der Waals surface area contributed by atoms with E-state index in [-0.39, 0.29) is 5.92 Å². The van der Waals surface area contributed by atoms with Gasteiger partial charge in [0.25, 0.3) is 0 Å². The van der Waals surface area contributed by atoms with Gasteiger partial charge in [-0.05, 0) is 25.2 Å². The molecule has 0 bridgehead atoms. The summed E-state index contributed by atoms with van der Waals surface area (Å²) in [6, 6.07) is 0. The van der Waals surface area contributed by atoms with Gasteiger partial charge in [0, 0.05) is 12.5 Å². The maximum Gasteiger partial charge on any atom is 0.347 e. The summed E-state index contributed by atoms with van der Waals surface area (Å²) < 4.78 is 5.45. The van der Waals surface area contributed by atoms with Crippen LogP contribution < -0.4 is 0 Å². The number of carboxylic acid groups (broad SMARTS) is 1. The molecule has 5 heteroatoms. The molecule has 4 nitrogen and oxygen atoms in total. The molecule has 1 aromatic rings. The first-order chi connectivity index (χ1) is 8.58. The smallest absolute Gasteiger partial charge is 0.347 e. The molecule has 1 unspecified atom stereocenters. The molecule has 1 N–H and O–H groups in total. The number of thiazole rings is 1. The van der Waals surface area contributed by atoms with Gasteiger partial charge < -0.3 is 9.84 Å². The monoisotopic (exact) mass is 269 g/mol. The number of hydrogen-bond donors (Lipinski definition) is 1. The second-order valence-corrected chi connectivity index (χ2v) is 6.18. The molecule has 0 spiro atoms. The Balaban J connectivity index is 2.23. The molecule has 1 aromatic heterocycles. The van der Waals surface area contributed by atoms with E-state index < -0.39 is 5.97 Å². The van der Waals surface area contributed by atoms with E-state index in [1.807, 2.05) is 0 Å². The summed E-state index contributed by atoms with van der Waals surface area (Å²) in [7, 11) is 0. The zero-order chi connectivity index (χ0) is 13.1. The zero-order valence-electron chi connectivity index (χ0n) is 10.8. The van der Waals surface area contributed by atoms with Gasteiger partial charge in [-0.25, -0.2) is 9.78 Å². The predicted molar refractivity (Wildman–Crippen MR) is 70.4 cm³/mol. The fourth-order valence-electron chi connectivity index (χ4n) is 2.17. The molecule has 100 valence electrons. The van der Waals surface area contributed by atoms with Crippen LogP contribution in [0, 0.1) is 5.92 Å². The van der Waals surface area contributed by atoms with Crippen LogP contribution in [0.5, 0.6) is 0 Å². The molecular formula is C13H19NO3S. The van der Waals surface area contributed by atoms with Crippen molar-refractivity contribution in [3.8, 4) is 0 Å². The van der Waals surface area contributed by atoms with Crippen molar-refractivity contribution < 1.29 is 14.6 Å². The van der Waals surface area contributed by atoms with Crippen molar-refractivity contribution in [1.82, 2.24) is 4.98 Å². The van der Waals surface area contributed by atoms with Gasteiger partial charge in [0.1, 0.15) is 4.88 Å². The largest absolute Gasteiger partial charge is 0.477 e. The van der Waals surface area contributed by atoms with Crippen LogP contribution in [0.1, 0.15) is 53.0 Å². The average molecular weight is 269 g/mol. The summed E-state index contributed by atoms with van der Waals surface area (Å²) in [5.41, 5.74) is 0.739. The van der Waals surface area contributed by atoms with Crippen LogP contribution in [-0.4, -0.2) is 29.3 Å². The Morgan fingerprint density at radius 2 is 2.39 bits per heavy atom. The summed E-state index contributed by atoms with van der Waals surface area (Å²) in [6.45, 7) is 5.64. The second kappa shape index (κ2) is 5.80. The quantitative estimate of drug-likeness (QED) is 0.913. The lowest BCUT2D eigenvalue weighted by molar-refractivity contribution is 0.0700. The topological polar surface area (TPSA) is 59.4 Å². The molecule has 0 aromatic carbocycles. The Hall–Kier alpha value is -0.940. The van der Waals surface area contributed by atoms with Crippen molar-refractivity contribution in [2.24, 2.45) is 5.92 Å². The molecule has 1 aliphatic rings. The third kappa shape index (κ3) is 3.09. The fourth-order valence-corrected chi connectivity index (χ4v) is 3.22. The number of ether oxygens (including phenoxy) is 1. The van der Waals surface area contributed by atoms with Crippen LogP contribution in [0.2, 0.25) is 0 Å². The van der Waals surface area contributed by atoms with Crippen molar-refractivity contribution in [2.75, 3.05) is 13.2 Å². The first-order valence-corrected chi connectivity index (χ1v) is 7.20. The highest BCUT2D eigenvalue weighted by atomic mass is 32.1. The molecule has 0 amide bonds. The van der Waals surface area contributed by atoms with Crippen LogP contribution in [-0.2, 0) is 11.2 Å². The van der Waals surface area contributed by atoms with Crippen LogP contribution >= 0.6 is 11.3 Å². The molecule has 2 heterocycles. The number of rotatable bonds is 4. The van der Waals surface area contributed by atoms with Crippen molar-refractivity contribution in [2.45, 2.75) is 39.0 Å². The van der Waals surface area contributed by atoms with Gasteiger partial charge in [-0.15, -0.1) is 11.3 Å². The van der Waals surface area contributed by atoms with E-state index in [0.717, 1.165) is 36.6 Å². The molecule has 0 saturated carbocycles. The lowest BCUT2D eigenvalue weighted by Gasteiger charge is -2.19. The number of aromatic carboxylic acids is 1. The Bertz CT molecular complexity index is 422. The second-order valence-electron chi connectivity index (χ2n) is 5.15. The first-order valence-electron chi connectivity index (χ1n) is 6.38. The van der Waals surface area contributed by atoms with Gasteiger partial charge in [0.2, 0.25) is 0 Å². The minimum absolute atomic E-state index is 0.280. The van der Waals surface area contributed by atoms with Crippen molar-refractivity contribution in [1.29, 1.82) is 0 Å². The molecule has 1 saturated heterocycles. The van der Waals surface area contributed by atoms with E-state index in [9.17, 15) is 9.90 Å².